The first-order valence-electron chi connectivity index (χ1n) is 5.68. The van der Waals surface area contributed by atoms with Gasteiger partial charge >= 0.3 is 0 Å². The maximum Gasteiger partial charge on any atom is 0.194 e. The number of rotatable bonds is 3. The van der Waals surface area contributed by atoms with Gasteiger partial charge in [0.05, 0.1) is 0 Å². The van der Waals surface area contributed by atoms with Crippen molar-refractivity contribution < 1.29 is 17.6 Å². The second-order valence-electron chi connectivity index (χ2n) is 4.04. The van der Waals surface area contributed by atoms with Gasteiger partial charge in [-0.1, -0.05) is 24.5 Å². The molecule has 0 heterocycles. The van der Waals surface area contributed by atoms with Crippen LogP contribution in [-0.2, 0) is 0 Å². The first-order chi connectivity index (χ1) is 9.36. The molecule has 0 spiro atoms. The van der Waals surface area contributed by atoms with Gasteiger partial charge in [0.1, 0.15) is 5.83 Å². The van der Waals surface area contributed by atoms with Crippen LogP contribution in [0.2, 0.25) is 0 Å². The van der Waals surface area contributed by atoms with Crippen LogP contribution in [-0.4, -0.2) is 0 Å². The van der Waals surface area contributed by atoms with Gasteiger partial charge in [0.25, 0.3) is 0 Å². The van der Waals surface area contributed by atoms with E-state index in [1.54, 1.807) is 0 Å². The van der Waals surface area contributed by atoms with E-state index in [1.165, 1.54) is 13.0 Å². The first kappa shape index (κ1) is 15.8. The molecule has 1 rings (SSSR count). The van der Waals surface area contributed by atoms with Crippen LogP contribution < -0.4 is 0 Å². The summed E-state index contributed by atoms with van der Waals surface area (Å²) in [6.07, 6.45) is 1.76. The molecule has 104 valence electrons. The highest BCUT2D eigenvalue weighted by molar-refractivity contribution is 5.44. The lowest BCUT2D eigenvalue weighted by atomic mass is 10.1. The molecule has 0 bridgehead atoms. The predicted octanol–water partition coefficient (Wildman–Crippen LogP) is 4.83. The van der Waals surface area contributed by atoms with Gasteiger partial charge in [0.15, 0.2) is 17.5 Å². The third-order valence-electron chi connectivity index (χ3n) is 2.41. The van der Waals surface area contributed by atoms with Crippen LogP contribution in [0, 0.1) is 29.3 Å². The molecule has 0 aromatic heterocycles. The Morgan fingerprint density at radius 1 is 1.25 bits per heavy atom. The van der Waals surface area contributed by atoms with E-state index in [-0.39, 0.29) is 23.1 Å². The Hall–Kier alpha value is -2.28. The summed E-state index contributed by atoms with van der Waals surface area (Å²) in [7, 11) is 0. The molecule has 0 aliphatic rings. The lowest BCUT2D eigenvalue weighted by molar-refractivity contribution is 0.446. The van der Waals surface area contributed by atoms with Crippen molar-refractivity contribution in [2.24, 2.45) is 0 Å². The normalized spacial score (nSPS) is 11.2. The van der Waals surface area contributed by atoms with E-state index < -0.39 is 23.3 Å². The van der Waals surface area contributed by atoms with Crippen LogP contribution in [0.3, 0.4) is 0 Å². The van der Waals surface area contributed by atoms with Crippen molar-refractivity contribution >= 4 is 0 Å². The van der Waals surface area contributed by atoms with Crippen LogP contribution in [0.1, 0.15) is 18.9 Å². The largest absolute Gasteiger partial charge is 0.206 e. The minimum Gasteiger partial charge on any atom is -0.206 e. The molecule has 0 amide bonds. The lowest BCUT2D eigenvalue weighted by Gasteiger charge is -2.00. The van der Waals surface area contributed by atoms with Gasteiger partial charge in [-0.15, -0.1) is 6.58 Å². The highest BCUT2D eigenvalue weighted by Gasteiger charge is 2.09. The third-order valence-corrected chi connectivity index (χ3v) is 2.41. The summed E-state index contributed by atoms with van der Waals surface area (Å²) < 4.78 is 52.4. The van der Waals surface area contributed by atoms with Gasteiger partial charge in [-0.05, 0) is 31.1 Å². The summed E-state index contributed by atoms with van der Waals surface area (Å²) in [5.41, 5.74) is 0.202. The van der Waals surface area contributed by atoms with E-state index in [0.717, 1.165) is 12.1 Å². The van der Waals surface area contributed by atoms with Crippen LogP contribution in [0.15, 0.2) is 48.3 Å². The van der Waals surface area contributed by atoms with E-state index in [2.05, 4.69) is 25.0 Å². The third kappa shape index (κ3) is 3.86. The standard InChI is InChI=1S/C16H12F4/c1-4-5-10(2)15(19)11(3)6-7-12-8-13(17)16(20)14(18)9-12/h4,8-9H,1-2,5H2,3H3/b15-11-. The molecule has 0 nitrogen and oxygen atoms in total. The topological polar surface area (TPSA) is 0 Å². The zero-order valence-electron chi connectivity index (χ0n) is 10.9. The fourth-order valence-electron chi connectivity index (χ4n) is 1.38. The van der Waals surface area contributed by atoms with Crippen LogP contribution in [0.25, 0.3) is 0 Å². The van der Waals surface area contributed by atoms with Crippen molar-refractivity contribution in [3.05, 3.63) is 71.4 Å². The van der Waals surface area contributed by atoms with Gasteiger partial charge in [0.2, 0.25) is 0 Å². The molecular formula is C16H12F4. The maximum absolute atomic E-state index is 13.7. The Kier molecular flexibility index (Phi) is 5.33. The summed E-state index contributed by atoms with van der Waals surface area (Å²) >= 11 is 0. The average Bonchev–Trinajstić information content (AvgIpc) is 2.41. The summed E-state index contributed by atoms with van der Waals surface area (Å²) in [5, 5.41) is 0. The fraction of sp³-hybridized carbons (Fsp3) is 0.125. The van der Waals surface area contributed by atoms with Gasteiger partial charge < -0.3 is 0 Å². The highest BCUT2D eigenvalue weighted by Crippen LogP contribution is 2.18. The fourth-order valence-corrected chi connectivity index (χ4v) is 1.38. The van der Waals surface area contributed by atoms with Crippen molar-refractivity contribution in [1.29, 1.82) is 0 Å². The van der Waals surface area contributed by atoms with E-state index in [0.29, 0.717) is 0 Å². The van der Waals surface area contributed by atoms with Crippen molar-refractivity contribution in [3.63, 3.8) is 0 Å². The summed E-state index contributed by atoms with van der Waals surface area (Å²) in [6, 6.07) is 1.49. The summed E-state index contributed by atoms with van der Waals surface area (Å²) in [6.45, 7) is 8.39. The maximum atomic E-state index is 13.7. The van der Waals surface area contributed by atoms with E-state index in [9.17, 15) is 17.6 Å². The van der Waals surface area contributed by atoms with Crippen LogP contribution in [0.5, 0.6) is 0 Å². The number of benzene rings is 1. The van der Waals surface area contributed by atoms with Gasteiger partial charge in [-0.2, -0.15) is 0 Å². The smallest absolute Gasteiger partial charge is 0.194 e. The number of hydrogen-bond donors (Lipinski definition) is 0. The molecule has 0 aliphatic heterocycles. The molecular weight excluding hydrogens is 268 g/mol. The number of halogens is 4. The monoisotopic (exact) mass is 280 g/mol. The zero-order valence-corrected chi connectivity index (χ0v) is 10.9. The van der Waals surface area contributed by atoms with Crippen molar-refractivity contribution in [2.45, 2.75) is 13.3 Å². The minimum atomic E-state index is -1.56. The molecule has 20 heavy (non-hydrogen) atoms. The molecule has 0 fully saturated rings. The molecule has 4 heteroatoms. The first-order valence-corrected chi connectivity index (χ1v) is 5.68. The Balaban J connectivity index is 3.08. The molecule has 0 saturated heterocycles. The lowest BCUT2D eigenvalue weighted by Crippen LogP contribution is -1.92. The molecule has 0 radical (unpaired) electrons. The van der Waals surface area contributed by atoms with Crippen LogP contribution >= 0.6 is 0 Å². The van der Waals surface area contributed by atoms with E-state index in [4.69, 9.17) is 0 Å². The molecule has 0 saturated carbocycles. The predicted molar refractivity (Wildman–Crippen MR) is 71.0 cm³/mol. The quantitative estimate of drug-likeness (QED) is 0.244. The molecule has 0 N–H and O–H groups in total. The van der Waals surface area contributed by atoms with Gasteiger partial charge in [0, 0.05) is 11.1 Å². The second-order valence-corrected chi connectivity index (χ2v) is 4.04. The Labute approximate surface area is 115 Å². The average molecular weight is 280 g/mol. The van der Waals surface area contributed by atoms with Crippen molar-refractivity contribution in [1.82, 2.24) is 0 Å². The molecule has 1 aromatic rings. The number of hydrogen-bond acceptors (Lipinski definition) is 0. The summed E-state index contributed by atoms with van der Waals surface area (Å²) in [5.74, 6) is -0.0538. The Morgan fingerprint density at radius 2 is 1.80 bits per heavy atom. The molecule has 1 aromatic carbocycles. The SMILES string of the molecule is C=CCC(=C)/C(F)=C(\C)C#Cc1cc(F)c(F)c(F)c1. The van der Waals surface area contributed by atoms with E-state index >= 15 is 0 Å². The summed E-state index contributed by atoms with van der Waals surface area (Å²) in [4.78, 5) is 0. The van der Waals surface area contributed by atoms with E-state index in [1.807, 2.05) is 0 Å². The molecule has 0 unspecified atom stereocenters. The van der Waals surface area contributed by atoms with Crippen molar-refractivity contribution in [2.75, 3.05) is 0 Å². The Bertz CT molecular complexity index is 619. The van der Waals surface area contributed by atoms with Gasteiger partial charge in [-0.3, -0.25) is 0 Å². The van der Waals surface area contributed by atoms with Gasteiger partial charge in [-0.25, -0.2) is 17.6 Å². The Morgan fingerprint density at radius 3 is 2.30 bits per heavy atom. The minimum absolute atomic E-state index is 0.0713. The number of allylic oxidation sites excluding steroid dienone is 4. The second kappa shape index (κ2) is 6.76. The molecule has 0 aliphatic carbocycles. The van der Waals surface area contributed by atoms with Crippen LogP contribution in [0.4, 0.5) is 17.6 Å². The van der Waals surface area contributed by atoms with Crippen molar-refractivity contribution in [3.8, 4) is 11.8 Å². The zero-order chi connectivity index (χ0) is 15.3. The molecule has 0 atom stereocenters. The highest BCUT2D eigenvalue weighted by atomic mass is 19.2.